The van der Waals surface area contributed by atoms with E-state index in [1.165, 1.54) is 21.4 Å². The number of hydrogen-bond acceptors (Lipinski definition) is 4. The topological polar surface area (TPSA) is 66.1 Å². The molecule has 0 saturated carbocycles. The molecular weight excluding hydrogens is 361 g/mol. The zero-order valence-electron chi connectivity index (χ0n) is 15.0. The lowest BCUT2D eigenvalue weighted by atomic mass is 10.0. The van der Waals surface area contributed by atoms with Crippen molar-refractivity contribution in [2.24, 2.45) is 0 Å². The number of rotatable bonds is 3. The van der Waals surface area contributed by atoms with Crippen molar-refractivity contribution in [3.63, 3.8) is 0 Å². The number of fused-ring (bicyclic) bond motifs is 1. The van der Waals surface area contributed by atoms with Crippen LogP contribution in [-0.4, -0.2) is 25.9 Å². The molecule has 8 heteroatoms. The molecule has 0 N–H and O–H groups in total. The average molecular weight is 382 g/mol. The van der Waals surface area contributed by atoms with E-state index >= 15 is 0 Å². The summed E-state index contributed by atoms with van der Waals surface area (Å²) in [6.45, 7) is 5.53. The Morgan fingerprint density at radius 3 is 2.81 bits per heavy atom. The zero-order valence-corrected chi connectivity index (χ0v) is 15.7. The minimum atomic E-state index is -0.670. The molecule has 3 rings (SSSR count). The van der Waals surface area contributed by atoms with Crippen molar-refractivity contribution >= 4 is 17.6 Å². The van der Waals surface area contributed by atoms with Gasteiger partial charge in [0, 0.05) is 6.42 Å². The van der Waals surface area contributed by atoms with Crippen LogP contribution in [0.3, 0.4) is 0 Å². The number of benzene rings is 1. The van der Waals surface area contributed by atoms with Crippen LogP contribution in [0.5, 0.6) is 0 Å². The number of halogens is 2. The highest BCUT2D eigenvalue weighted by atomic mass is 35.5. The largest absolute Gasteiger partial charge is 0.458 e. The standard InChI is InChI=1S/C18H21ClFN3O3/c1-18(2,3)26-16(24)14-5-4-6-15-21-22(17(25)23(14)15)10-11-7-8-13(20)12(19)9-11/h7-9,14H,4-6,10H2,1-3H3/t14-/m1/s1. The Hall–Kier alpha value is -2.15. The number of aromatic nitrogens is 3. The van der Waals surface area contributed by atoms with E-state index in [0.717, 1.165) is 6.42 Å². The highest BCUT2D eigenvalue weighted by Gasteiger charge is 2.33. The molecule has 1 atom stereocenters. The van der Waals surface area contributed by atoms with E-state index < -0.39 is 23.4 Å². The smallest absolute Gasteiger partial charge is 0.347 e. The molecule has 0 aliphatic carbocycles. The maximum Gasteiger partial charge on any atom is 0.347 e. The van der Waals surface area contributed by atoms with Crippen molar-refractivity contribution in [2.75, 3.05) is 0 Å². The molecule has 140 valence electrons. The van der Waals surface area contributed by atoms with E-state index in [9.17, 15) is 14.0 Å². The summed E-state index contributed by atoms with van der Waals surface area (Å²) in [5, 5.41) is 4.34. The van der Waals surface area contributed by atoms with E-state index in [0.29, 0.717) is 24.2 Å². The highest BCUT2D eigenvalue weighted by Crippen LogP contribution is 2.25. The summed E-state index contributed by atoms with van der Waals surface area (Å²) in [7, 11) is 0. The van der Waals surface area contributed by atoms with Gasteiger partial charge in [-0.15, -0.1) is 0 Å². The molecule has 0 spiro atoms. The first-order valence-electron chi connectivity index (χ1n) is 8.51. The third-order valence-corrected chi connectivity index (χ3v) is 4.42. The number of nitrogens with zero attached hydrogens (tertiary/aromatic N) is 3. The lowest BCUT2D eigenvalue weighted by molar-refractivity contribution is -0.159. The van der Waals surface area contributed by atoms with E-state index in [-0.39, 0.29) is 17.3 Å². The van der Waals surface area contributed by atoms with Gasteiger partial charge in [-0.1, -0.05) is 17.7 Å². The monoisotopic (exact) mass is 381 g/mol. The SMILES string of the molecule is CC(C)(C)OC(=O)[C@H]1CCCc2nn(Cc3ccc(F)c(Cl)c3)c(=O)n21. The molecule has 1 aromatic carbocycles. The van der Waals surface area contributed by atoms with Crippen molar-refractivity contribution in [1.82, 2.24) is 14.3 Å². The van der Waals surface area contributed by atoms with Crippen LogP contribution in [-0.2, 0) is 22.5 Å². The molecule has 0 bridgehead atoms. The molecule has 2 aromatic rings. The fourth-order valence-corrected chi connectivity index (χ4v) is 3.24. The zero-order chi connectivity index (χ0) is 19.1. The summed E-state index contributed by atoms with van der Waals surface area (Å²) in [6, 6.07) is 3.60. The second-order valence-electron chi connectivity index (χ2n) is 7.42. The van der Waals surface area contributed by atoms with Crippen LogP contribution in [0.15, 0.2) is 23.0 Å². The molecule has 6 nitrogen and oxygen atoms in total. The predicted octanol–water partition coefficient (Wildman–Crippen LogP) is 3.10. The van der Waals surface area contributed by atoms with E-state index in [1.807, 2.05) is 0 Å². The molecule has 0 saturated heterocycles. The molecule has 0 unspecified atom stereocenters. The van der Waals surface area contributed by atoms with Crippen molar-refractivity contribution < 1.29 is 13.9 Å². The Kier molecular flexibility index (Phi) is 4.92. The molecule has 0 amide bonds. The molecule has 1 aromatic heterocycles. The van der Waals surface area contributed by atoms with Gasteiger partial charge in [-0.3, -0.25) is 4.57 Å². The number of esters is 1. The van der Waals surface area contributed by atoms with E-state index in [4.69, 9.17) is 16.3 Å². The van der Waals surface area contributed by atoms with Gasteiger partial charge < -0.3 is 4.74 Å². The third-order valence-electron chi connectivity index (χ3n) is 4.13. The first-order valence-corrected chi connectivity index (χ1v) is 8.88. The van der Waals surface area contributed by atoms with Gasteiger partial charge in [-0.2, -0.15) is 5.10 Å². The summed E-state index contributed by atoms with van der Waals surface area (Å²) in [4.78, 5) is 25.3. The molecule has 0 radical (unpaired) electrons. The molecular formula is C18H21ClFN3O3. The molecule has 0 fully saturated rings. The summed E-state index contributed by atoms with van der Waals surface area (Å²) in [5.74, 6) is -0.382. The van der Waals surface area contributed by atoms with Crippen LogP contribution in [0.4, 0.5) is 4.39 Å². The molecule has 26 heavy (non-hydrogen) atoms. The minimum absolute atomic E-state index is 0.00819. The fraction of sp³-hybridized carbons (Fsp3) is 0.500. The summed E-state index contributed by atoms with van der Waals surface area (Å²) < 4.78 is 21.5. The third kappa shape index (κ3) is 3.82. The van der Waals surface area contributed by atoms with Crippen LogP contribution in [0.1, 0.15) is 51.0 Å². The first kappa shape index (κ1) is 18.6. The quantitative estimate of drug-likeness (QED) is 0.766. The van der Waals surface area contributed by atoms with E-state index in [1.54, 1.807) is 26.8 Å². The van der Waals surface area contributed by atoms with Crippen LogP contribution >= 0.6 is 11.6 Å². The normalized spacial score (nSPS) is 17.0. The van der Waals surface area contributed by atoms with Gasteiger partial charge in [0.2, 0.25) is 0 Å². The predicted molar refractivity (Wildman–Crippen MR) is 94.8 cm³/mol. The Morgan fingerprint density at radius 1 is 1.42 bits per heavy atom. The molecule has 1 aliphatic rings. The van der Waals surface area contributed by atoms with Crippen LogP contribution in [0, 0.1) is 5.82 Å². The van der Waals surface area contributed by atoms with Gasteiger partial charge in [-0.05, 0) is 51.3 Å². The van der Waals surface area contributed by atoms with Crippen LogP contribution in [0.2, 0.25) is 5.02 Å². The average Bonchev–Trinajstić information content (AvgIpc) is 2.85. The number of ether oxygens (including phenoxy) is 1. The minimum Gasteiger partial charge on any atom is -0.458 e. The number of carbonyl (C=O) groups is 1. The second kappa shape index (κ2) is 6.87. The van der Waals surface area contributed by atoms with Crippen molar-refractivity contribution in [3.8, 4) is 0 Å². The second-order valence-corrected chi connectivity index (χ2v) is 7.82. The summed E-state index contributed by atoms with van der Waals surface area (Å²) in [6.07, 6.45) is 1.91. The molecule has 2 heterocycles. The molecule has 1 aliphatic heterocycles. The Labute approximate surface area is 155 Å². The van der Waals surface area contributed by atoms with Crippen molar-refractivity contribution in [3.05, 3.63) is 50.9 Å². The van der Waals surface area contributed by atoms with Crippen LogP contribution in [0.25, 0.3) is 0 Å². The van der Waals surface area contributed by atoms with Gasteiger partial charge in [0.05, 0.1) is 11.6 Å². The van der Waals surface area contributed by atoms with Gasteiger partial charge in [0.1, 0.15) is 23.3 Å². The van der Waals surface area contributed by atoms with Gasteiger partial charge >= 0.3 is 11.7 Å². The number of carbonyl (C=O) groups excluding carboxylic acids is 1. The lowest BCUT2D eigenvalue weighted by Crippen LogP contribution is -2.38. The Bertz CT molecular complexity index is 898. The number of aryl methyl sites for hydroxylation is 1. The fourth-order valence-electron chi connectivity index (χ4n) is 3.04. The highest BCUT2D eigenvalue weighted by molar-refractivity contribution is 6.30. The van der Waals surface area contributed by atoms with Crippen molar-refractivity contribution in [2.45, 2.75) is 58.2 Å². The van der Waals surface area contributed by atoms with Gasteiger partial charge in [-0.25, -0.2) is 18.7 Å². The Balaban J connectivity index is 1.91. The van der Waals surface area contributed by atoms with Crippen LogP contribution < -0.4 is 5.69 Å². The maximum absolute atomic E-state index is 13.3. The first-order chi connectivity index (χ1) is 12.2. The number of hydrogen-bond donors (Lipinski definition) is 0. The van der Waals surface area contributed by atoms with E-state index in [2.05, 4.69) is 5.10 Å². The van der Waals surface area contributed by atoms with Gasteiger partial charge in [0.15, 0.2) is 0 Å². The van der Waals surface area contributed by atoms with Crippen molar-refractivity contribution in [1.29, 1.82) is 0 Å². The summed E-state index contributed by atoms with van der Waals surface area (Å²) in [5.41, 5.74) is -0.349. The lowest BCUT2D eigenvalue weighted by Gasteiger charge is -2.26. The summed E-state index contributed by atoms with van der Waals surface area (Å²) >= 11 is 5.80. The Morgan fingerprint density at radius 2 is 2.15 bits per heavy atom. The maximum atomic E-state index is 13.3. The van der Waals surface area contributed by atoms with Gasteiger partial charge in [0.25, 0.3) is 0 Å².